The Morgan fingerprint density at radius 1 is 1.44 bits per heavy atom. The van der Waals surface area contributed by atoms with Crippen LogP contribution in [-0.2, 0) is 6.54 Å². The number of nitro groups is 1. The molecule has 1 aromatic heterocycles. The number of nitrogens with one attached hydrogen (secondary N) is 1. The van der Waals surface area contributed by atoms with Gasteiger partial charge < -0.3 is 9.73 Å². The Bertz CT molecular complexity index is 585. The standard InChI is InChI=1S/C11H8BrClN2O3/c12-8-3-4-18-11(8)6-14-7-1-2-9(13)10(5-7)15(16)17/h1-5,14H,6H2. The molecule has 7 heteroatoms. The molecular formula is C11H8BrClN2O3. The molecule has 0 unspecified atom stereocenters. The second-order valence-corrected chi connectivity index (χ2v) is 4.73. The molecule has 0 radical (unpaired) electrons. The van der Waals surface area contributed by atoms with Crippen LogP contribution in [-0.4, -0.2) is 4.92 Å². The van der Waals surface area contributed by atoms with Gasteiger partial charge in [-0.3, -0.25) is 10.1 Å². The molecule has 0 aliphatic rings. The van der Waals surface area contributed by atoms with Gasteiger partial charge in [0.15, 0.2) is 0 Å². The minimum absolute atomic E-state index is 0.115. The second-order valence-electron chi connectivity index (χ2n) is 3.47. The molecule has 18 heavy (non-hydrogen) atoms. The Morgan fingerprint density at radius 3 is 2.83 bits per heavy atom. The van der Waals surface area contributed by atoms with E-state index in [1.54, 1.807) is 18.4 Å². The molecule has 0 spiro atoms. The Kier molecular flexibility index (Phi) is 3.88. The van der Waals surface area contributed by atoms with Gasteiger partial charge in [-0.1, -0.05) is 11.6 Å². The van der Waals surface area contributed by atoms with Gasteiger partial charge in [0.25, 0.3) is 5.69 Å². The highest BCUT2D eigenvalue weighted by atomic mass is 79.9. The van der Waals surface area contributed by atoms with E-state index < -0.39 is 4.92 Å². The Morgan fingerprint density at radius 2 is 2.22 bits per heavy atom. The number of nitro benzene ring substituents is 1. The molecule has 0 aliphatic carbocycles. The Hall–Kier alpha value is -1.53. The Balaban J connectivity index is 2.13. The lowest BCUT2D eigenvalue weighted by atomic mass is 10.2. The summed E-state index contributed by atoms with van der Waals surface area (Å²) in [7, 11) is 0. The number of hydrogen-bond acceptors (Lipinski definition) is 4. The molecule has 2 rings (SSSR count). The summed E-state index contributed by atoms with van der Waals surface area (Å²) < 4.78 is 6.06. The molecule has 0 fully saturated rings. The van der Waals surface area contributed by atoms with Crippen LogP contribution in [0.2, 0.25) is 5.02 Å². The van der Waals surface area contributed by atoms with Crippen molar-refractivity contribution in [3.05, 3.63) is 55.9 Å². The molecule has 0 saturated heterocycles. The van der Waals surface area contributed by atoms with Gasteiger partial charge in [0, 0.05) is 11.8 Å². The summed E-state index contributed by atoms with van der Waals surface area (Å²) in [5, 5.41) is 13.9. The lowest BCUT2D eigenvalue weighted by Gasteiger charge is -2.05. The summed E-state index contributed by atoms with van der Waals surface area (Å²) in [5.41, 5.74) is 0.481. The fourth-order valence-electron chi connectivity index (χ4n) is 1.40. The number of hydrogen-bond donors (Lipinski definition) is 1. The zero-order valence-electron chi connectivity index (χ0n) is 9.02. The van der Waals surface area contributed by atoms with E-state index in [0.29, 0.717) is 18.0 Å². The first-order chi connectivity index (χ1) is 8.58. The normalized spacial score (nSPS) is 10.3. The van der Waals surface area contributed by atoms with Crippen molar-refractivity contribution in [2.75, 3.05) is 5.32 Å². The highest BCUT2D eigenvalue weighted by Gasteiger charge is 2.13. The average molecular weight is 332 g/mol. The molecule has 1 N–H and O–H groups in total. The van der Waals surface area contributed by atoms with E-state index in [2.05, 4.69) is 21.2 Å². The number of anilines is 1. The van der Waals surface area contributed by atoms with E-state index in [-0.39, 0.29) is 10.7 Å². The first-order valence-electron chi connectivity index (χ1n) is 4.97. The molecule has 5 nitrogen and oxygen atoms in total. The Labute approximate surface area is 116 Å². The fraction of sp³-hybridized carbons (Fsp3) is 0.0909. The predicted octanol–water partition coefficient (Wildman–Crippen LogP) is 4.22. The topological polar surface area (TPSA) is 68.3 Å². The van der Waals surface area contributed by atoms with Gasteiger partial charge in [0.05, 0.1) is 22.2 Å². The van der Waals surface area contributed by atoms with Crippen molar-refractivity contribution in [1.29, 1.82) is 0 Å². The van der Waals surface area contributed by atoms with Gasteiger partial charge in [-0.15, -0.1) is 0 Å². The molecule has 0 amide bonds. The maximum atomic E-state index is 10.7. The summed E-state index contributed by atoms with van der Waals surface area (Å²) in [6.07, 6.45) is 1.56. The second kappa shape index (κ2) is 5.41. The van der Waals surface area contributed by atoms with Crippen LogP contribution in [0.1, 0.15) is 5.76 Å². The van der Waals surface area contributed by atoms with Crippen LogP contribution in [0.15, 0.2) is 39.4 Å². The highest BCUT2D eigenvalue weighted by molar-refractivity contribution is 9.10. The van der Waals surface area contributed by atoms with Crippen LogP contribution < -0.4 is 5.32 Å². The van der Waals surface area contributed by atoms with Gasteiger partial charge in [-0.25, -0.2) is 0 Å². The van der Waals surface area contributed by atoms with Crippen molar-refractivity contribution in [1.82, 2.24) is 0 Å². The van der Waals surface area contributed by atoms with Gasteiger partial charge in [-0.05, 0) is 34.1 Å². The van der Waals surface area contributed by atoms with Crippen molar-refractivity contribution in [2.24, 2.45) is 0 Å². The molecule has 1 aromatic carbocycles. The molecule has 0 aliphatic heterocycles. The molecule has 0 bridgehead atoms. The zero-order chi connectivity index (χ0) is 13.1. The smallest absolute Gasteiger partial charge is 0.289 e. The van der Waals surface area contributed by atoms with Crippen LogP contribution in [0, 0.1) is 10.1 Å². The molecule has 94 valence electrons. The highest BCUT2D eigenvalue weighted by Crippen LogP contribution is 2.28. The average Bonchev–Trinajstić information content (AvgIpc) is 2.73. The molecule has 1 heterocycles. The van der Waals surface area contributed by atoms with Crippen LogP contribution in [0.5, 0.6) is 0 Å². The summed E-state index contributed by atoms with van der Waals surface area (Å²) in [6, 6.07) is 6.33. The van der Waals surface area contributed by atoms with E-state index in [9.17, 15) is 10.1 Å². The summed E-state index contributed by atoms with van der Waals surface area (Å²) in [5.74, 6) is 0.715. The number of benzene rings is 1. The molecular weight excluding hydrogens is 323 g/mol. The van der Waals surface area contributed by atoms with Crippen LogP contribution in [0.25, 0.3) is 0 Å². The van der Waals surface area contributed by atoms with E-state index in [1.165, 1.54) is 12.1 Å². The summed E-state index contributed by atoms with van der Waals surface area (Å²) >= 11 is 9.05. The van der Waals surface area contributed by atoms with Crippen LogP contribution in [0.3, 0.4) is 0 Å². The third-order valence-electron chi connectivity index (χ3n) is 2.29. The van der Waals surface area contributed by atoms with Gasteiger partial charge in [-0.2, -0.15) is 0 Å². The monoisotopic (exact) mass is 330 g/mol. The number of furan rings is 1. The number of rotatable bonds is 4. The van der Waals surface area contributed by atoms with Gasteiger partial charge in [0.1, 0.15) is 10.8 Å². The minimum atomic E-state index is -0.518. The summed E-state index contributed by atoms with van der Waals surface area (Å²) in [6.45, 7) is 0.423. The predicted molar refractivity (Wildman–Crippen MR) is 71.8 cm³/mol. The van der Waals surface area contributed by atoms with Crippen molar-refractivity contribution >= 4 is 38.9 Å². The van der Waals surface area contributed by atoms with Crippen LogP contribution in [0.4, 0.5) is 11.4 Å². The lowest BCUT2D eigenvalue weighted by molar-refractivity contribution is -0.384. The minimum Gasteiger partial charge on any atom is -0.466 e. The number of nitrogens with zero attached hydrogens (tertiary/aromatic N) is 1. The third-order valence-corrected chi connectivity index (χ3v) is 3.31. The van der Waals surface area contributed by atoms with Gasteiger partial charge >= 0.3 is 0 Å². The lowest BCUT2D eigenvalue weighted by Crippen LogP contribution is -1.99. The molecule has 0 saturated carbocycles. The summed E-state index contributed by atoms with van der Waals surface area (Å²) in [4.78, 5) is 10.2. The molecule has 2 aromatic rings. The van der Waals surface area contributed by atoms with Gasteiger partial charge in [0.2, 0.25) is 0 Å². The number of halogens is 2. The van der Waals surface area contributed by atoms with Crippen molar-refractivity contribution in [3.8, 4) is 0 Å². The maximum absolute atomic E-state index is 10.7. The SMILES string of the molecule is O=[N+]([O-])c1cc(NCc2occc2Br)ccc1Cl. The zero-order valence-corrected chi connectivity index (χ0v) is 11.4. The van der Waals surface area contributed by atoms with E-state index >= 15 is 0 Å². The first-order valence-corrected chi connectivity index (χ1v) is 6.14. The fourth-order valence-corrected chi connectivity index (χ4v) is 1.92. The first kappa shape index (κ1) is 12.9. The molecule has 0 atom stereocenters. The van der Waals surface area contributed by atoms with Crippen LogP contribution >= 0.6 is 27.5 Å². The van der Waals surface area contributed by atoms with E-state index in [0.717, 1.165) is 4.47 Å². The van der Waals surface area contributed by atoms with E-state index in [1.807, 2.05) is 0 Å². The maximum Gasteiger partial charge on any atom is 0.289 e. The van der Waals surface area contributed by atoms with Crippen molar-refractivity contribution in [3.63, 3.8) is 0 Å². The van der Waals surface area contributed by atoms with Crippen molar-refractivity contribution < 1.29 is 9.34 Å². The largest absolute Gasteiger partial charge is 0.466 e. The van der Waals surface area contributed by atoms with E-state index in [4.69, 9.17) is 16.0 Å². The third kappa shape index (κ3) is 2.83. The quantitative estimate of drug-likeness (QED) is 0.673. The van der Waals surface area contributed by atoms with Crippen molar-refractivity contribution in [2.45, 2.75) is 6.54 Å².